The minimum atomic E-state index is -0.431. The van der Waals surface area contributed by atoms with Crippen molar-refractivity contribution in [1.82, 2.24) is 5.32 Å². The van der Waals surface area contributed by atoms with Crippen LogP contribution in [0.4, 0.5) is 5.69 Å². The molecular formula is C14H20N2O3. The first kappa shape index (κ1) is 15.0. The van der Waals surface area contributed by atoms with Crippen molar-refractivity contribution < 1.29 is 14.3 Å². The van der Waals surface area contributed by atoms with Gasteiger partial charge in [-0.2, -0.15) is 0 Å². The molecule has 1 aromatic rings. The molecule has 0 unspecified atom stereocenters. The molecule has 0 aromatic heterocycles. The van der Waals surface area contributed by atoms with Crippen molar-refractivity contribution in [2.24, 2.45) is 0 Å². The van der Waals surface area contributed by atoms with E-state index in [0.29, 0.717) is 11.3 Å². The normalized spacial score (nSPS) is 10.7. The zero-order valence-corrected chi connectivity index (χ0v) is 11.7. The maximum Gasteiger partial charge on any atom is 0.339 e. The lowest BCUT2D eigenvalue weighted by atomic mass is 10.1. The maximum absolute atomic E-state index is 11.7. The SMILES string of the molecule is COC(=O)c1ccccc1NCC(=O)NC(C)(C)C. The molecule has 104 valence electrons. The average Bonchev–Trinajstić information content (AvgIpc) is 2.33. The molecule has 1 rings (SSSR count). The summed E-state index contributed by atoms with van der Waals surface area (Å²) in [5.41, 5.74) is 0.715. The summed E-state index contributed by atoms with van der Waals surface area (Å²) >= 11 is 0. The summed E-state index contributed by atoms with van der Waals surface area (Å²) in [5, 5.41) is 5.77. The summed E-state index contributed by atoms with van der Waals surface area (Å²) in [6.45, 7) is 5.83. The first-order chi connectivity index (χ1) is 8.83. The molecule has 0 aliphatic rings. The minimum Gasteiger partial charge on any atom is -0.465 e. The number of esters is 1. The predicted molar refractivity (Wildman–Crippen MR) is 74.2 cm³/mol. The van der Waals surface area contributed by atoms with Gasteiger partial charge in [0.15, 0.2) is 0 Å². The molecule has 5 heteroatoms. The van der Waals surface area contributed by atoms with Gasteiger partial charge in [-0.15, -0.1) is 0 Å². The summed E-state index contributed by atoms with van der Waals surface area (Å²) in [4.78, 5) is 23.2. The van der Waals surface area contributed by atoms with Crippen LogP contribution in [0.25, 0.3) is 0 Å². The van der Waals surface area contributed by atoms with Crippen LogP contribution in [-0.2, 0) is 9.53 Å². The van der Waals surface area contributed by atoms with Crippen molar-refractivity contribution in [2.75, 3.05) is 19.0 Å². The topological polar surface area (TPSA) is 67.4 Å². The minimum absolute atomic E-state index is 0.102. The van der Waals surface area contributed by atoms with Crippen LogP contribution in [-0.4, -0.2) is 31.1 Å². The van der Waals surface area contributed by atoms with E-state index in [4.69, 9.17) is 0 Å². The zero-order chi connectivity index (χ0) is 14.5. The number of nitrogens with one attached hydrogen (secondary N) is 2. The van der Waals surface area contributed by atoms with E-state index in [1.165, 1.54) is 7.11 Å². The van der Waals surface area contributed by atoms with Gasteiger partial charge in [-0.3, -0.25) is 4.79 Å². The smallest absolute Gasteiger partial charge is 0.339 e. The molecule has 1 aromatic carbocycles. The van der Waals surface area contributed by atoms with Crippen LogP contribution >= 0.6 is 0 Å². The molecule has 0 aliphatic carbocycles. The second kappa shape index (κ2) is 6.22. The highest BCUT2D eigenvalue weighted by molar-refractivity contribution is 5.96. The number of methoxy groups -OCH3 is 1. The molecule has 1 amide bonds. The van der Waals surface area contributed by atoms with Crippen LogP contribution in [0.1, 0.15) is 31.1 Å². The van der Waals surface area contributed by atoms with E-state index >= 15 is 0 Å². The van der Waals surface area contributed by atoms with Crippen LogP contribution in [0.5, 0.6) is 0 Å². The lowest BCUT2D eigenvalue weighted by Gasteiger charge is -2.21. The number of benzene rings is 1. The standard InChI is InChI=1S/C14H20N2O3/c1-14(2,3)16-12(17)9-15-11-8-6-5-7-10(11)13(18)19-4/h5-8,15H,9H2,1-4H3,(H,16,17). The summed E-state index contributed by atoms with van der Waals surface area (Å²) in [7, 11) is 1.32. The van der Waals surface area contributed by atoms with Crippen molar-refractivity contribution in [3.05, 3.63) is 29.8 Å². The van der Waals surface area contributed by atoms with Crippen molar-refractivity contribution in [3.63, 3.8) is 0 Å². The van der Waals surface area contributed by atoms with Crippen LogP contribution in [0.3, 0.4) is 0 Å². The zero-order valence-electron chi connectivity index (χ0n) is 11.7. The quantitative estimate of drug-likeness (QED) is 0.814. The second-order valence-corrected chi connectivity index (χ2v) is 5.19. The summed E-state index contributed by atoms with van der Waals surface area (Å²) in [5.74, 6) is -0.563. The van der Waals surface area contributed by atoms with Gasteiger partial charge < -0.3 is 15.4 Å². The van der Waals surface area contributed by atoms with E-state index in [2.05, 4.69) is 15.4 Å². The molecule has 0 aliphatic heterocycles. The van der Waals surface area contributed by atoms with Crippen molar-refractivity contribution >= 4 is 17.6 Å². The van der Waals surface area contributed by atoms with Crippen LogP contribution in [0, 0.1) is 0 Å². The second-order valence-electron chi connectivity index (χ2n) is 5.19. The summed E-state index contributed by atoms with van der Waals surface area (Å²) < 4.78 is 4.68. The number of hydrogen-bond donors (Lipinski definition) is 2. The maximum atomic E-state index is 11.7. The van der Waals surface area contributed by atoms with Gasteiger partial charge in [0.2, 0.25) is 5.91 Å². The first-order valence-corrected chi connectivity index (χ1v) is 6.06. The first-order valence-electron chi connectivity index (χ1n) is 6.06. The largest absolute Gasteiger partial charge is 0.465 e. The number of amides is 1. The molecule has 5 nitrogen and oxygen atoms in total. The predicted octanol–water partition coefficient (Wildman–Crippen LogP) is 1.80. The van der Waals surface area contributed by atoms with E-state index in [1.54, 1.807) is 24.3 Å². The molecule has 0 atom stereocenters. The highest BCUT2D eigenvalue weighted by Crippen LogP contribution is 2.15. The van der Waals surface area contributed by atoms with Gasteiger partial charge in [-0.05, 0) is 32.9 Å². The number of ether oxygens (including phenoxy) is 1. The molecule has 0 spiro atoms. The van der Waals surface area contributed by atoms with Gasteiger partial charge in [-0.1, -0.05) is 12.1 Å². The highest BCUT2D eigenvalue weighted by Gasteiger charge is 2.15. The number of carbonyl (C=O) groups is 2. The Morgan fingerprint density at radius 2 is 1.84 bits per heavy atom. The summed E-state index contributed by atoms with van der Waals surface area (Å²) in [6.07, 6.45) is 0. The third-order valence-corrected chi connectivity index (χ3v) is 2.29. The molecule has 2 N–H and O–H groups in total. The number of anilines is 1. The lowest BCUT2D eigenvalue weighted by Crippen LogP contribution is -2.43. The average molecular weight is 264 g/mol. The number of carbonyl (C=O) groups excluding carboxylic acids is 2. The Labute approximate surface area is 113 Å². The fourth-order valence-electron chi connectivity index (χ4n) is 1.56. The van der Waals surface area contributed by atoms with Crippen molar-refractivity contribution in [1.29, 1.82) is 0 Å². The fraction of sp³-hybridized carbons (Fsp3) is 0.429. The third-order valence-electron chi connectivity index (χ3n) is 2.29. The molecule has 0 saturated carbocycles. The fourth-order valence-corrected chi connectivity index (χ4v) is 1.56. The van der Waals surface area contributed by atoms with Gasteiger partial charge in [0.1, 0.15) is 0 Å². The summed E-state index contributed by atoms with van der Waals surface area (Å²) in [6, 6.07) is 6.91. The Morgan fingerprint density at radius 1 is 1.21 bits per heavy atom. The van der Waals surface area contributed by atoms with Crippen molar-refractivity contribution in [2.45, 2.75) is 26.3 Å². The molecule has 0 saturated heterocycles. The Hall–Kier alpha value is -2.04. The van der Waals surface area contributed by atoms with Crippen LogP contribution < -0.4 is 10.6 Å². The Balaban J connectivity index is 2.68. The lowest BCUT2D eigenvalue weighted by molar-refractivity contribution is -0.120. The molecule has 0 bridgehead atoms. The van der Waals surface area contributed by atoms with E-state index in [9.17, 15) is 9.59 Å². The number of rotatable bonds is 4. The van der Waals surface area contributed by atoms with E-state index in [0.717, 1.165) is 0 Å². The van der Waals surface area contributed by atoms with E-state index in [-0.39, 0.29) is 18.0 Å². The Morgan fingerprint density at radius 3 is 2.42 bits per heavy atom. The molecule has 19 heavy (non-hydrogen) atoms. The highest BCUT2D eigenvalue weighted by atomic mass is 16.5. The van der Waals surface area contributed by atoms with Gasteiger partial charge in [0.05, 0.1) is 19.2 Å². The molecule has 0 heterocycles. The van der Waals surface area contributed by atoms with Crippen LogP contribution in [0.15, 0.2) is 24.3 Å². The van der Waals surface area contributed by atoms with Gasteiger partial charge in [-0.25, -0.2) is 4.79 Å². The Bertz CT molecular complexity index is 464. The molecular weight excluding hydrogens is 244 g/mol. The molecule has 0 fully saturated rings. The van der Waals surface area contributed by atoms with E-state index in [1.807, 2.05) is 20.8 Å². The monoisotopic (exact) mass is 264 g/mol. The van der Waals surface area contributed by atoms with E-state index < -0.39 is 5.97 Å². The van der Waals surface area contributed by atoms with Gasteiger partial charge >= 0.3 is 5.97 Å². The van der Waals surface area contributed by atoms with Crippen LogP contribution in [0.2, 0.25) is 0 Å². The number of hydrogen-bond acceptors (Lipinski definition) is 4. The third kappa shape index (κ3) is 4.99. The molecule has 0 radical (unpaired) electrons. The Kier molecular flexibility index (Phi) is 4.92. The van der Waals surface area contributed by atoms with Gasteiger partial charge in [0, 0.05) is 11.2 Å². The van der Waals surface area contributed by atoms with Gasteiger partial charge in [0.25, 0.3) is 0 Å². The van der Waals surface area contributed by atoms with Crippen molar-refractivity contribution in [3.8, 4) is 0 Å². The number of para-hydroxylation sites is 1.